The summed E-state index contributed by atoms with van der Waals surface area (Å²) in [7, 11) is 0. The van der Waals surface area contributed by atoms with Crippen LogP contribution in [0.5, 0.6) is 5.75 Å². The normalized spacial score (nSPS) is 12.4. The lowest BCUT2D eigenvalue weighted by molar-refractivity contribution is 0.00883. The van der Waals surface area contributed by atoms with Crippen molar-refractivity contribution in [2.24, 2.45) is 5.41 Å². The van der Waals surface area contributed by atoms with E-state index in [4.69, 9.17) is 18.9 Å². The van der Waals surface area contributed by atoms with E-state index in [-0.39, 0.29) is 5.41 Å². The fourth-order valence-corrected chi connectivity index (χ4v) is 2.48. The highest BCUT2D eigenvalue weighted by atomic mass is 16.5. The van der Waals surface area contributed by atoms with E-state index < -0.39 is 0 Å². The van der Waals surface area contributed by atoms with Gasteiger partial charge in [0.2, 0.25) is 0 Å². The Kier molecular flexibility index (Phi) is 11.0. The Balaban J connectivity index is 1.97. The number of hydrogen-bond acceptors (Lipinski definition) is 4. The zero-order valence-electron chi connectivity index (χ0n) is 18.3. The minimum atomic E-state index is 0.0842. The van der Waals surface area contributed by atoms with Crippen molar-refractivity contribution in [2.45, 2.75) is 59.8 Å². The lowest BCUT2D eigenvalue weighted by Gasteiger charge is -2.22. The Morgan fingerprint density at radius 1 is 0.667 bits per heavy atom. The molecule has 0 amide bonds. The minimum Gasteiger partial charge on any atom is -0.493 e. The molecular weight excluding hydrogens is 340 g/mol. The average molecular weight is 381 g/mol. The first-order valence-corrected chi connectivity index (χ1v) is 10.2. The second-order valence-electron chi connectivity index (χ2n) is 9.10. The van der Waals surface area contributed by atoms with E-state index in [0.29, 0.717) is 45.1 Å². The largest absolute Gasteiger partial charge is 0.493 e. The summed E-state index contributed by atoms with van der Waals surface area (Å²) >= 11 is 0. The zero-order chi connectivity index (χ0) is 20.2. The summed E-state index contributed by atoms with van der Waals surface area (Å²) in [5.41, 5.74) is 1.65. The highest BCUT2D eigenvalue weighted by molar-refractivity contribution is 5.38. The maximum atomic E-state index is 5.94. The summed E-state index contributed by atoms with van der Waals surface area (Å²) in [6.45, 7) is 17.9. The van der Waals surface area contributed by atoms with Gasteiger partial charge < -0.3 is 18.9 Å². The minimum absolute atomic E-state index is 0.0842. The molecule has 0 aromatic heterocycles. The molecule has 0 aliphatic heterocycles. The van der Waals surface area contributed by atoms with E-state index in [1.54, 1.807) is 0 Å². The second-order valence-corrected chi connectivity index (χ2v) is 9.10. The molecule has 0 aliphatic rings. The van der Waals surface area contributed by atoms with Gasteiger partial charge in [-0.2, -0.15) is 0 Å². The Morgan fingerprint density at radius 3 is 1.81 bits per heavy atom. The van der Waals surface area contributed by atoms with Crippen LogP contribution in [0.15, 0.2) is 24.3 Å². The smallest absolute Gasteiger partial charge is 0.123 e. The molecule has 0 unspecified atom stereocenters. The Morgan fingerprint density at radius 2 is 1.22 bits per heavy atom. The van der Waals surface area contributed by atoms with Gasteiger partial charge in [0.25, 0.3) is 0 Å². The Bertz CT molecular complexity index is 500. The Labute approximate surface area is 166 Å². The van der Waals surface area contributed by atoms with Gasteiger partial charge in [0.1, 0.15) is 5.75 Å². The van der Waals surface area contributed by atoms with Crippen molar-refractivity contribution in [3.8, 4) is 5.75 Å². The summed E-state index contributed by atoms with van der Waals surface area (Å²) in [6, 6.07) is 8.26. The molecule has 0 aliphatic carbocycles. The predicted molar refractivity (Wildman–Crippen MR) is 112 cm³/mol. The van der Waals surface area contributed by atoms with Crippen molar-refractivity contribution in [2.75, 3.05) is 46.2 Å². The standard InChI is InChI=1S/C23H40O4/c1-22(2,3)12-15-25-17-19-26-18-16-24-13-9-14-27-21-11-8-7-10-20(21)23(4,5)6/h7-8,10-11H,9,12-19H2,1-6H3. The van der Waals surface area contributed by atoms with Crippen molar-refractivity contribution in [1.29, 1.82) is 0 Å². The van der Waals surface area contributed by atoms with Crippen LogP contribution in [-0.4, -0.2) is 46.2 Å². The summed E-state index contributed by atoms with van der Waals surface area (Å²) in [4.78, 5) is 0. The summed E-state index contributed by atoms with van der Waals surface area (Å²) in [5, 5.41) is 0. The monoisotopic (exact) mass is 380 g/mol. The van der Waals surface area contributed by atoms with E-state index in [1.807, 2.05) is 12.1 Å². The molecule has 4 heteroatoms. The maximum Gasteiger partial charge on any atom is 0.123 e. The Hall–Kier alpha value is -1.10. The molecule has 1 rings (SSSR count). The molecule has 0 heterocycles. The second kappa shape index (κ2) is 12.4. The first-order valence-electron chi connectivity index (χ1n) is 10.2. The predicted octanol–water partition coefficient (Wildman–Crippen LogP) is 5.24. The van der Waals surface area contributed by atoms with Gasteiger partial charge in [-0.05, 0) is 28.9 Å². The number of benzene rings is 1. The molecule has 156 valence electrons. The zero-order valence-corrected chi connectivity index (χ0v) is 18.3. The summed E-state index contributed by atoms with van der Waals surface area (Å²) in [6.07, 6.45) is 1.94. The molecule has 0 N–H and O–H groups in total. The average Bonchev–Trinajstić information content (AvgIpc) is 2.57. The van der Waals surface area contributed by atoms with E-state index in [2.05, 4.69) is 53.7 Å². The van der Waals surface area contributed by atoms with Crippen molar-refractivity contribution >= 4 is 0 Å². The number of ether oxygens (including phenoxy) is 4. The first kappa shape index (κ1) is 23.9. The molecule has 0 fully saturated rings. The summed E-state index contributed by atoms with van der Waals surface area (Å²) in [5.74, 6) is 0.972. The highest BCUT2D eigenvalue weighted by Gasteiger charge is 2.18. The van der Waals surface area contributed by atoms with Gasteiger partial charge in [0.15, 0.2) is 0 Å². The van der Waals surface area contributed by atoms with Crippen LogP contribution in [0, 0.1) is 5.41 Å². The van der Waals surface area contributed by atoms with Crippen LogP contribution < -0.4 is 4.74 Å². The van der Waals surface area contributed by atoms with Gasteiger partial charge in [0.05, 0.1) is 33.0 Å². The lowest BCUT2D eigenvalue weighted by atomic mass is 9.86. The first-order chi connectivity index (χ1) is 12.7. The molecular formula is C23H40O4. The lowest BCUT2D eigenvalue weighted by Crippen LogP contribution is -2.15. The van der Waals surface area contributed by atoms with Crippen LogP contribution in [0.3, 0.4) is 0 Å². The van der Waals surface area contributed by atoms with E-state index >= 15 is 0 Å². The maximum absolute atomic E-state index is 5.94. The SMILES string of the molecule is CC(C)(C)CCOCCOCCOCCCOc1ccccc1C(C)(C)C. The molecule has 1 aromatic carbocycles. The van der Waals surface area contributed by atoms with Gasteiger partial charge >= 0.3 is 0 Å². The van der Waals surface area contributed by atoms with Crippen molar-refractivity contribution in [3.63, 3.8) is 0 Å². The van der Waals surface area contributed by atoms with Crippen LogP contribution in [-0.2, 0) is 19.6 Å². The fourth-order valence-electron chi connectivity index (χ4n) is 2.48. The van der Waals surface area contributed by atoms with E-state index in [1.165, 1.54) is 5.56 Å². The van der Waals surface area contributed by atoms with Crippen LogP contribution in [0.1, 0.15) is 59.9 Å². The highest BCUT2D eigenvalue weighted by Crippen LogP contribution is 2.30. The van der Waals surface area contributed by atoms with Gasteiger partial charge in [0, 0.05) is 19.6 Å². The van der Waals surface area contributed by atoms with Crippen LogP contribution in [0.25, 0.3) is 0 Å². The fraction of sp³-hybridized carbons (Fsp3) is 0.739. The topological polar surface area (TPSA) is 36.9 Å². The van der Waals surface area contributed by atoms with Crippen molar-refractivity contribution in [3.05, 3.63) is 29.8 Å². The van der Waals surface area contributed by atoms with Crippen molar-refractivity contribution in [1.82, 2.24) is 0 Å². The summed E-state index contributed by atoms with van der Waals surface area (Å²) < 4.78 is 22.6. The van der Waals surface area contributed by atoms with Gasteiger partial charge in [-0.15, -0.1) is 0 Å². The molecule has 0 bridgehead atoms. The third kappa shape index (κ3) is 12.1. The molecule has 0 saturated carbocycles. The molecule has 0 spiro atoms. The van der Waals surface area contributed by atoms with Gasteiger partial charge in [-0.3, -0.25) is 0 Å². The number of rotatable bonds is 13. The van der Waals surface area contributed by atoms with Gasteiger partial charge in [-0.25, -0.2) is 0 Å². The van der Waals surface area contributed by atoms with E-state index in [0.717, 1.165) is 25.2 Å². The molecule has 27 heavy (non-hydrogen) atoms. The third-order valence-electron chi connectivity index (χ3n) is 4.13. The van der Waals surface area contributed by atoms with Crippen LogP contribution in [0.2, 0.25) is 0 Å². The molecule has 0 atom stereocenters. The molecule has 0 radical (unpaired) electrons. The van der Waals surface area contributed by atoms with Gasteiger partial charge in [-0.1, -0.05) is 59.7 Å². The molecule has 1 aromatic rings. The van der Waals surface area contributed by atoms with Crippen LogP contribution in [0.4, 0.5) is 0 Å². The third-order valence-corrected chi connectivity index (χ3v) is 4.13. The molecule has 0 saturated heterocycles. The van der Waals surface area contributed by atoms with E-state index in [9.17, 15) is 0 Å². The number of para-hydroxylation sites is 1. The number of hydrogen-bond donors (Lipinski definition) is 0. The van der Waals surface area contributed by atoms with Crippen LogP contribution >= 0.6 is 0 Å². The molecule has 4 nitrogen and oxygen atoms in total. The quantitative estimate of drug-likeness (QED) is 0.439. The van der Waals surface area contributed by atoms with Crippen molar-refractivity contribution < 1.29 is 18.9 Å².